The molecular formula is C8H15NO2. The van der Waals surface area contributed by atoms with Crippen molar-refractivity contribution < 1.29 is 17.8 Å². The second-order valence-electron chi connectivity index (χ2n) is 2.47. The van der Waals surface area contributed by atoms with Gasteiger partial charge in [0.15, 0.2) is 0 Å². The van der Waals surface area contributed by atoms with Crippen molar-refractivity contribution in [1.29, 1.82) is 0 Å². The standard InChI is InChI=1S/C8H15NO2/c1-6(2)11-8(10)7-4-3-5-9-7/h6-7,9H,3-5H2,1-2H3/t7-/m0/s1/i1D3,2D3. The molecule has 0 saturated carbocycles. The predicted molar refractivity (Wildman–Crippen MR) is 42.3 cm³/mol. The van der Waals surface area contributed by atoms with E-state index in [2.05, 4.69) is 10.1 Å². The van der Waals surface area contributed by atoms with E-state index in [0.717, 1.165) is 6.42 Å². The Hall–Kier alpha value is -0.570. The largest absolute Gasteiger partial charge is 0.462 e. The third-order valence-electron chi connectivity index (χ3n) is 1.58. The lowest BCUT2D eigenvalue weighted by Gasteiger charge is -2.12. The lowest BCUT2D eigenvalue weighted by atomic mass is 10.2. The highest BCUT2D eigenvalue weighted by Gasteiger charge is 2.23. The molecule has 1 saturated heterocycles. The van der Waals surface area contributed by atoms with E-state index in [9.17, 15) is 4.79 Å². The van der Waals surface area contributed by atoms with E-state index >= 15 is 0 Å². The summed E-state index contributed by atoms with van der Waals surface area (Å²) in [6.45, 7) is -5.05. The maximum absolute atomic E-state index is 11.6. The molecule has 1 heterocycles. The molecule has 64 valence electrons. The molecule has 0 aliphatic carbocycles. The highest BCUT2D eigenvalue weighted by molar-refractivity contribution is 5.76. The van der Waals surface area contributed by atoms with Crippen LogP contribution in [-0.4, -0.2) is 24.7 Å². The maximum atomic E-state index is 11.6. The molecule has 11 heavy (non-hydrogen) atoms. The Kier molecular flexibility index (Phi) is 1.16. The van der Waals surface area contributed by atoms with Crippen LogP contribution in [0.2, 0.25) is 0 Å². The van der Waals surface area contributed by atoms with E-state index in [1.165, 1.54) is 0 Å². The zero-order valence-electron chi connectivity index (χ0n) is 12.1. The van der Waals surface area contributed by atoms with Gasteiger partial charge < -0.3 is 10.1 Å². The normalized spacial score (nSPS) is 34.5. The van der Waals surface area contributed by atoms with Crippen molar-refractivity contribution in [3.05, 3.63) is 0 Å². The Morgan fingerprint density at radius 2 is 2.64 bits per heavy atom. The summed E-state index contributed by atoms with van der Waals surface area (Å²) in [6, 6.07) is -0.595. The third kappa shape index (κ3) is 2.50. The fraction of sp³-hybridized carbons (Fsp3) is 0.875. The number of hydrogen-bond acceptors (Lipinski definition) is 3. The van der Waals surface area contributed by atoms with Crippen LogP contribution in [0.5, 0.6) is 0 Å². The first-order valence-electron chi connectivity index (χ1n) is 6.56. The first-order chi connectivity index (χ1) is 7.62. The van der Waals surface area contributed by atoms with Crippen LogP contribution in [0.3, 0.4) is 0 Å². The minimum Gasteiger partial charge on any atom is -0.462 e. The number of nitrogens with one attached hydrogen (secondary N) is 1. The van der Waals surface area contributed by atoms with Crippen LogP contribution in [-0.2, 0) is 9.53 Å². The van der Waals surface area contributed by atoms with Gasteiger partial charge in [-0.1, -0.05) is 0 Å². The van der Waals surface area contributed by atoms with Crippen LogP contribution < -0.4 is 5.32 Å². The summed E-state index contributed by atoms with van der Waals surface area (Å²) < 4.78 is 47.1. The van der Waals surface area contributed by atoms with Gasteiger partial charge in [0.1, 0.15) is 6.04 Å². The molecule has 0 bridgehead atoms. The van der Waals surface area contributed by atoms with Crippen LogP contribution in [0.25, 0.3) is 0 Å². The zero-order valence-corrected chi connectivity index (χ0v) is 6.09. The fourth-order valence-electron chi connectivity index (χ4n) is 1.08. The molecule has 0 aromatic carbocycles. The van der Waals surface area contributed by atoms with Gasteiger partial charge in [0.2, 0.25) is 0 Å². The smallest absolute Gasteiger partial charge is 0.323 e. The lowest BCUT2D eigenvalue weighted by Crippen LogP contribution is -2.33. The fourth-order valence-corrected chi connectivity index (χ4v) is 1.08. The number of carbonyl (C=O) groups excluding carboxylic acids is 1. The van der Waals surface area contributed by atoms with Gasteiger partial charge in [0.25, 0.3) is 0 Å². The van der Waals surface area contributed by atoms with Crippen molar-refractivity contribution in [2.75, 3.05) is 6.54 Å². The minimum atomic E-state index is -2.85. The SMILES string of the molecule is [2H]C([2H])([2H])C(OC(=O)[C@@H]1CCCN1)C([2H])([2H])[2H]. The number of carbonyl (C=O) groups is 1. The monoisotopic (exact) mass is 163 g/mol. The molecule has 0 amide bonds. The van der Waals surface area contributed by atoms with Gasteiger partial charge in [-0.3, -0.25) is 4.79 Å². The second kappa shape index (κ2) is 3.72. The van der Waals surface area contributed by atoms with Crippen molar-refractivity contribution >= 4 is 5.97 Å². The van der Waals surface area contributed by atoms with Crippen LogP contribution >= 0.6 is 0 Å². The Labute approximate surface area is 75.5 Å². The van der Waals surface area contributed by atoms with Crippen molar-refractivity contribution in [2.24, 2.45) is 0 Å². The molecule has 1 atom stereocenters. The quantitative estimate of drug-likeness (QED) is 0.609. The second-order valence-corrected chi connectivity index (χ2v) is 2.47. The summed E-state index contributed by atoms with van der Waals surface area (Å²) in [4.78, 5) is 11.6. The predicted octanol–water partition coefficient (Wildman–Crippen LogP) is 0.690. The van der Waals surface area contributed by atoms with Crippen LogP contribution in [0, 0.1) is 0 Å². The Morgan fingerprint density at radius 3 is 3.18 bits per heavy atom. The number of hydrogen-bond donors (Lipinski definition) is 1. The van der Waals surface area contributed by atoms with E-state index in [4.69, 9.17) is 8.22 Å². The van der Waals surface area contributed by atoms with Gasteiger partial charge in [0.05, 0.1) is 6.10 Å². The van der Waals surface area contributed by atoms with Crippen LogP contribution in [0.4, 0.5) is 0 Å². The molecule has 0 spiro atoms. The molecule has 1 aliphatic heterocycles. The summed E-state index contributed by atoms with van der Waals surface area (Å²) in [6.07, 6.45) is -0.746. The lowest BCUT2D eigenvalue weighted by molar-refractivity contribution is -0.149. The molecule has 1 aliphatic rings. The molecule has 0 aromatic heterocycles. The van der Waals surface area contributed by atoms with Crippen molar-refractivity contribution in [3.63, 3.8) is 0 Å². The molecule has 3 heteroatoms. The highest BCUT2D eigenvalue weighted by atomic mass is 16.5. The van der Waals surface area contributed by atoms with Gasteiger partial charge in [-0.25, -0.2) is 0 Å². The summed E-state index contributed by atoms with van der Waals surface area (Å²) in [5.74, 6) is -0.806. The van der Waals surface area contributed by atoms with Gasteiger partial charge in [-0.05, 0) is 33.1 Å². The van der Waals surface area contributed by atoms with E-state index in [-0.39, 0.29) is 0 Å². The minimum absolute atomic E-state index is 0.535. The number of ether oxygens (including phenoxy) is 1. The Balaban J connectivity index is 2.70. The molecule has 1 N–H and O–H groups in total. The van der Waals surface area contributed by atoms with Gasteiger partial charge in [-0.15, -0.1) is 0 Å². The van der Waals surface area contributed by atoms with Gasteiger partial charge >= 0.3 is 5.97 Å². The van der Waals surface area contributed by atoms with Crippen LogP contribution in [0.1, 0.15) is 34.8 Å². The molecule has 0 unspecified atom stereocenters. The molecule has 0 radical (unpaired) electrons. The van der Waals surface area contributed by atoms with Crippen molar-refractivity contribution in [1.82, 2.24) is 5.32 Å². The zero-order chi connectivity index (χ0) is 13.3. The number of rotatable bonds is 2. The summed E-state index contributed by atoms with van der Waals surface area (Å²) in [5, 5.41) is 2.82. The van der Waals surface area contributed by atoms with Gasteiger partial charge in [-0.2, -0.15) is 0 Å². The Morgan fingerprint density at radius 1 is 1.82 bits per heavy atom. The van der Waals surface area contributed by atoms with E-state index < -0.39 is 31.8 Å². The van der Waals surface area contributed by atoms with Crippen molar-refractivity contribution in [2.45, 2.75) is 38.7 Å². The summed E-state index contributed by atoms with van der Waals surface area (Å²) >= 11 is 0. The average Bonchev–Trinajstić information content (AvgIpc) is 2.62. The molecule has 1 fully saturated rings. The summed E-state index contributed by atoms with van der Waals surface area (Å²) in [7, 11) is 0. The highest BCUT2D eigenvalue weighted by Crippen LogP contribution is 2.07. The molecular weight excluding hydrogens is 142 g/mol. The summed E-state index contributed by atoms with van der Waals surface area (Å²) in [5.41, 5.74) is 0. The first kappa shape index (κ1) is 3.44. The maximum Gasteiger partial charge on any atom is 0.323 e. The topological polar surface area (TPSA) is 38.3 Å². The number of esters is 1. The first-order valence-corrected chi connectivity index (χ1v) is 3.56. The molecule has 3 nitrogen and oxygen atoms in total. The average molecular weight is 163 g/mol. The van der Waals surface area contributed by atoms with Crippen molar-refractivity contribution in [3.8, 4) is 0 Å². The van der Waals surface area contributed by atoms with Gasteiger partial charge in [0, 0.05) is 8.22 Å². The van der Waals surface area contributed by atoms with E-state index in [1.54, 1.807) is 0 Å². The molecule has 0 aromatic rings. The molecule has 1 rings (SSSR count). The van der Waals surface area contributed by atoms with E-state index in [1.807, 2.05) is 0 Å². The Bertz CT molecular complexity index is 267. The third-order valence-corrected chi connectivity index (χ3v) is 1.58. The van der Waals surface area contributed by atoms with E-state index in [0.29, 0.717) is 13.0 Å². The van der Waals surface area contributed by atoms with Crippen LogP contribution in [0.15, 0.2) is 0 Å².